The smallest absolute Gasteiger partial charge is 0.335 e. The van der Waals surface area contributed by atoms with Crippen LogP contribution in [0.4, 0.5) is 0 Å². The van der Waals surface area contributed by atoms with Gasteiger partial charge >= 0.3 is 5.97 Å². The Morgan fingerprint density at radius 3 is 2.62 bits per heavy atom. The van der Waals surface area contributed by atoms with E-state index in [9.17, 15) is 4.79 Å². The maximum Gasteiger partial charge on any atom is 0.335 e. The van der Waals surface area contributed by atoms with E-state index in [4.69, 9.17) is 5.11 Å². The third kappa shape index (κ3) is 3.22. The second kappa shape index (κ2) is 5.87. The molecular formula is C12H16ClNO2. The van der Waals surface area contributed by atoms with E-state index in [1.165, 1.54) is 12.8 Å². The number of likely N-dealkylation sites (tertiary alicyclic amines) is 1. The van der Waals surface area contributed by atoms with Crippen LogP contribution in [0, 0.1) is 0 Å². The first-order chi connectivity index (χ1) is 7.25. The summed E-state index contributed by atoms with van der Waals surface area (Å²) < 4.78 is 0. The standard InChI is InChI=1S/C12H15NO2.ClH/c14-12(15)11-5-3-4-10(8-11)9-13-6-1-2-7-13;/h3-5,8H,1-2,6-7,9H2,(H,14,15);1H. The van der Waals surface area contributed by atoms with E-state index in [2.05, 4.69) is 4.90 Å². The van der Waals surface area contributed by atoms with Crippen LogP contribution in [0.15, 0.2) is 24.3 Å². The fourth-order valence-electron chi connectivity index (χ4n) is 2.00. The van der Waals surface area contributed by atoms with Crippen molar-refractivity contribution in [2.24, 2.45) is 0 Å². The first-order valence-electron chi connectivity index (χ1n) is 5.30. The fraction of sp³-hybridized carbons (Fsp3) is 0.417. The van der Waals surface area contributed by atoms with Gasteiger partial charge < -0.3 is 5.11 Å². The van der Waals surface area contributed by atoms with Crippen molar-refractivity contribution in [2.75, 3.05) is 13.1 Å². The predicted octanol–water partition coefficient (Wildman–Crippen LogP) is 2.40. The lowest BCUT2D eigenvalue weighted by molar-refractivity contribution is 0.0696. The van der Waals surface area contributed by atoms with Gasteiger partial charge in [0, 0.05) is 6.54 Å². The SMILES string of the molecule is Cl.O=C(O)c1cccc(CN2CCCC2)c1. The summed E-state index contributed by atoms with van der Waals surface area (Å²) in [6.45, 7) is 3.15. The van der Waals surface area contributed by atoms with E-state index in [0.29, 0.717) is 5.56 Å². The van der Waals surface area contributed by atoms with Crippen LogP contribution in [0.5, 0.6) is 0 Å². The topological polar surface area (TPSA) is 40.5 Å². The maximum atomic E-state index is 10.8. The number of rotatable bonds is 3. The van der Waals surface area contributed by atoms with E-state index >= 15 is 0 Å². The van der Waals surface area contributed by atoms with Gasteiger partial charge in [0.2, 0.25) is 0 Å². The minimum absolute atomic E-state index is 0. The molecule has 1 aliphatic rings. The van der Waals surface area contributed by atoms with Crippen LogP contribution in [0.1, 0.15) is 28.8 Å². The van der Waals surface area contributed by atoms with E-state index < -0.39 is 5.97 Å². The Hall–Kier alpha value is -1.06. The van der Waals surface area contributed by atoms with E-state index in [-0.39, 0.29) is 12.4 Å². The summed E-state index contributed by atoms with van der Waals surface area (Å²) >= 11 is 0. The van der Waals surface area contributed by atoms with Crippen molar-refractivity contribution in [2.45, 2.75) is 19.4 Å². The Bertz CT molecular complexity index is 362. The van der Waals surface area contributed by atoms with E-state index in [0.717, 1.165) is 25.2 Å². The molecule has 1 aliphatic heterocycles. The summed E-state index contributed by atoms with van der Waals surface area (Å²) in [6, 6.07) is 7.20. The molecule has 16 heavy (non-hydrogen) atoms. The number of carboxylic acids is 1. The molecular weight excluding hydrogens is 226 g/mol. The van der Waals surface area contributed by atoms with Gasteiger partial charge in [-0.1, -0.05) is 12.1 Å². The highest BCUT2D eigenvalue weighted by atomic mass is 35.5. The molecule has 0 aliphatic carbocycles. The maximum absolute atomic E-state index is 10.8. The summed E-state index contributed by atoms with van der Waals surface area (Å²) in [7, 11) is 0. The molecule has 0 radical (unpaired) electrons. The van der Waals surface area contributed by atoms with Crippen LogP contribution < -0.4 is 0 Å². The zero-order chi connectivity index (χ0) is 10.7. The van der Waals surface area contributed by atoms with Gasteiger partial charge in [-0.15, -0.1) is 12.4 Å². The third-order valence-corrected chi connectivity index (χ3v) is 2.78. The lowest BCUT2D eigenvalue weighted by Gasteiger charge is -2.14. The number of halogens is 1. The average Bonchev–Trinajstić information content (AvgIpc) is 2.71. The lowest BCUT2D eigenvalue weighted by atomic mass is 10.1. The van der Waals surface area contributed by atoms with Gasteiger partial charge in [-0.3, -0.25) is 4.90 Å². The molecule has 0 aromatic heterocycles. The van der Waals surface area contributed by atoms with Crippen molar-refractivity contribution < 1.29 is 9.90 Å². The van der Waals surface area contributed by atoms with Crippen molar-refractivity contribution in [3.05, 3.63) is 35.4 Å². The van der Waals surface area contributed by atoms with Crippen molar-refractivity contribution >= 4 is 18.4 Å². The van der Waals surface area contributed by atoms with Gasteiger partial charge in [0.25, 0.3) is 0 Å². The highest BCUT2D eigenvalue weighted by Crippen LogP contribution is 2.13. The van der Waals surface area contributed by atoms with E-state index in [1.54, 1.807) is 12.1 Å². The summed E-state index contributed by atoms with van der Waals surface area (Å²) in [5.74, 6) is -0.849. The fourth-order valence-corrected chi connectivity index (χ4v) is 2.00. The molecule has 0 saturated carbocycles. The van der Waals surface area contributed by atoms with Crippen molar-refractivity contribution in [1.29, 1.82) is 0 Å². The summed E-state index contributed by atoms with van der Waals surface area (Å²) in [5, 5.41) is 8.86. The van der Waals surface area contributed by atoms with Crippen LogP contribution in [-0.4, -0.2) is 29.1 Å². The number of hydrogen-bond acceptors (Lipinski definition) is 2. The van der Waals surface area contributed by atoms with Crippen LogP contribution in [0.2, 0.25) is 0 Å². The van der Waals surface area contributed by atoms with Gasteiger partial charge in [-0.2, -0.15) is 0 Å². The number of aromatic carboxylic acids is 1. The van der Waals surface area contributed by atoms with Gasteiger partial charge in [-0.05, 0) is 43.6 Å². The Balaban J connectivity index is 0.00000128. The molecule has 0 atom stereocenters. The average molecular weight is 242 g/mol. The molecule has 1 N–H and O–H groups in total. The number of carboxylic acid groups (broad SMARTS) is 1. The largest absolute Gasteiger partial charge is 0.478 e. The lowest BCUT2D eigenvalue weighted by Crippen LogP contribution is -2.18. The van der Waals surface area contributed by atoms with Gasteiger partial charge in [0.1, 0.15) is 0 Å². The molecule has 1 aromatic carbocycles. The first-order valence-corrected chi connectivity index (χ1v) is 5.30. The molecule has 0 spiro atoms. The molecule has 1 aromatic rings. The van der Waals surface area contributed by atoms with Gasteiger partial charge in [-0.25, -0.2) is 4.79 Å². The normalized spacial score (nSPS) is 15.8. The van der Waals surface area contributed by atoms with Gasteiger partial charge in [0.05, 0.1) is 5.56 Å². The number of nitrogens with zero attached hydrogens (tertiary/aromatic N) is 1. The zero-order valence-corrected chi connectivity index (χ0v) is 9.87. The Morgan fingerprint density at radius 1 is 1.31 bits per heavy atom. The van der Waals surface area contributed by atoms with Crippen molar-refractivity contribution in [3.8, 4) is 0 Å². The second-order valence-electron chi connectivity index (χ2n) is 3.99. The Kier molecular flexibility index (Phi) is 4.77. The quantitative estimate of drug-likeness (QED) is 0.884. The zero-order valence-electron chi connectivity index (χ0n) is 9.06. The molecule has 0 unspecified atom stereocenters. The number of hydrogen-bond donors (Lipinski definition) is 1. The Labute approximate surface area is 101 Å². The van der Waals surface area contributed by atoms with Crippen LogP contribution >= 0.6 is 12.4 Å². The predicted molar refractivity (Wildman–Crippen MR) is 65.2 cm³/mol. The minimum Gasteiger partial charge on any atom is -0.478 e. The molecule has 0 amide bonds. The highest BCUT2D eigenvalue weighted by Gasteiger charge is 2.12. The molecule has 1 heterocycles. The van der Waals surface area contributed by atoms with Crippen LogP contribution in [0.25, 0.3) is 0 Å². The Morgan fingerprint density at radius 2 is 2.00 bits per heavy atom. The monoisotopic (exact) mass is 241 g/mol. The summed E-state index contributed by atoms with van der Waals surface area (Å²) in [5.41, 5.74) is 1.48. The molecule has 3 nitrogen and oxygen atoms in total. The summed E-state index contributed by atoms with van der Waals surface area (Å²) in [6.07, 6.45) is 2.53. The van der Waals surface area contributed by atoms with E-state index in [1.807, 2.05) is 12.1 Å². The molecule has 2 rings (SSSR count). The molecule has 1 fully saturated rings. The molecule has 4 heteroatoms. The molecule has 1 saturated heterocycles. The van der Waals surface area contributed by atoms with Crippen LogP contribution in [-0.2, 0) is 6.54 Å². The van der Waals surface area contributed by atoms with Crippen molar-refractivity contribution in [3.63, 3.8) is 0 Å². The first kappa shape index (κ1) is 13.0. The van der Waals surface area contributed by atoms with Gasteiger partial charge in [0.15, 0.2) is 0 Å². The van der Waals surface area contributed by atoms with Crippen LogP contribution in [0.3, 0.4) is 0 Å². The molecule has 0 bridgehead atoms. The van der Waals surface area contributed by atoms with Crippen molar-refractivity contribution in [1.82, 2.24) is 4.90 Å². The highest BCUT2D eigenvalue weighted by molar-refractivity contribution is 5.87. The summed E-state index contributed by atoms with van der Waals surface area (Å²) in [4.78, 5) is 13.1. The third-order valence-electron chi connectivity index (χ3n) is 2.78. The molecule has 88 valence electrons. The number of carbonyl (C=O) groups is 1. The number of benzene rings is 1. The second-order valence-corrected chi connectivity index (χ2v) is 3.99. The minimum atomic E-state index is -0.849.